The fraction of sp³-hybridized carbons (Fsp3) is 1.00. The summed E-state index contributed by atoms with van der Waals surface area (Å²) in [6.07, 6.45) is 18.0. The molecular weight excluding hydrogens is 272 g/mol. The summed E-state index contributed by atoms with van der Waals surface area (Å²) < 4.78 is 0. The Morgan fingerprint density at radius 3 is 1.45 bits per heavy atom. The molecule has 0 saturated heterocycles. The molecule has 0 nitrogen and oxygen atoms in total. The van der Waals surface area contributed by atoms with E-state index < -0.39 is 0 Å². The van der Waals surface area contributed by atoms with Crippen LogP contribution in [0.2, 0.25) is 18.1 Å². The van der Waals surface area contributed by atoms with Gasteiger partial charge >= 0.3 is 0 Å². The molecule has 0 N–H and O–H groups in total. The molecule has 0 bridgehead atoms. The molecule has 0 spiro atoms. The van der Waals surface area contributed by atoms with Crippen LogP contribution >= 0.6 is 0 Å². The lowest BCUT2D eigenvalue weighted by Gasteiger charge is -2.15. The Balaban J connectivity index is 3.67. The first-order chi connectivity index (χ1) is 9.85. The quantitative estimate of drug-likeness (QED) is 0.241. The van der Waals surface area contributed by atoms with Crippen molar-refractivity contribution in [1.29, 1.82) is 0 Å². The van der Waals surface area contributed by atoms with Crippen LogP contribution in [0.5, 0.6) is 0 Å². The lowest BCUT2D eigenvalue weighted by molar-refractivity contribution is 0.687. The first-order valence-corrected chi connectivity index (χ1v) is 15.7. The average molecular weight is 315 g/mol. The van der Waals surface area contributed by atoms with Crippen molar-refractivity contribution in [2.45, 2.75) is 116 Å². The molecule has 0 unspecified atom stereocenters. The van der Waals surface area contributed by atoms with Gasteiger partial charge in [-0.15, -0.1) is 0 Å². The minimum Gasteiger partial charge on any atom is -0.0654 e. The molecule has 0 aromatic heterocycles. The zero-order chi connectivity index (χ0) is 14.9. The zero-order valence-corrected chi connectivity index (χ0v) is 17.5. The van der Waals surface area contributed by atoms with Crippen molar-refractivity contribution in [1.82, 2.24) is 0 Å². The van der Waals surface area contributed by atoms with Crippen molar-refractivity contribution in [3.63, 3.8) is 0 Å². The zero-order valence-electron chi connectivity index (χ0n) is 14.9. The van der Waals surface area contributed by atoms with Gasteiger partial charge in [0.15, 0.2) is 0 Å². The lowest BCUT2D eigenvalue weighted by Crippen LogP contribution is -2.21. The highest BCUT2D eigenvalue weighted by atomic mass is 29.2. The molecule has 0 heterocycles. The van der Waals surface area contributed by atoms with Crippen LogP contribution in [0.15, 0.2) is 0 Å². The highest BCUT2D eigenvalue weighted by Crippen LogP contribution is 2.15. The van der Waals surface area contributed by atoms with E-state index in [4.69, 9.17) is 0 Å². The van der Waals surface area contributed by atoms with Gasteiger partial charge in [0.25, 0.3) is 0 Å². The van der Waals surface area contributed by atoms with Crippen LogP contribution < -0.4 is 0 Å². The van der Waals surface area contributed by atoms with Gasteiger partial charge in [-0.25, -0.2) is 0 Å². The van der Waals surface area contributed by atoms with Crippen LogP contribution in [0.4, 0.5) is 0 Å². The van der Waals surface area contributed by atoms with Gasteiger partial charge in [-0.05, 0) is 0 Å². The molecule has 0 saturated carbocycles. The minimum absolute atomic E-state index is 0.232. The van der Waals surface area contributed by atoms with Gasteiger partial charge in [-0.3, -0.25) is 0 Å². The molecule has 2 heteroatoms. The molecular formula is C18H42Si2. The molecule has 0 radical (unpaired) electrons. The Morgan fingerprint density at radius 2 is 1.00 bits per heavy atom. The monoisotopic (exact) mass is 314 g/mol. The molecule has 0 aliphatic heterocycles. The normalized spacial score (nSPS) is 12.0. The first-order valence-electron chi connectivity index (χ1n) is 9.85. The van der Waals surface area contributed by atoms with E-state index >= 15 is 0 Å². The maximum Gasteiger partial charge on any atom is 0.0241 e. The summed E-state index contributed by atoms with van der Waals surface area (Å²) in [6.45, 7) is 7.00. The van der Waals surface area contributed by atoms with Gasteiger partial charge in [0.1, 0.15) is 0 Å². The van der Waals surface area contributed by atoms with E-state index in [-0.39, 0.29) is 8.31 Å². The Morgan fingerprint density at radius 1 is 0.550 bits per heavy atom. The van der Waals surface area contributed by atoms with Gasteiger partial charge < -0.3 is 0 Å². The van der Waals surface area contributed by atoms with E-state index in [1.165, 1.54) is 57.8 Å². The van der Waals surface area contributed by atoms with Crippen molar-refractivity contribution in [3.05, 3.63) is 0 Å². The summed E-state index contributed by atoms with van der Waals surface area (Å²) >= 11 is 0. The van der Waals surface area contributed by atoms with Crippen LogP contribution in [-0.4, -0.2) is 17.4 Å². The van der Waals surface area contributed by atoms with Crippen molar-refractivity contribution < 1.29 is 0 Å². The number of rotatable bonds is 16. The Hall–Kier alpha value is 0.434. The van der Waals surface area contributed by atoms with Crippen molar-refractivity contribution in [2.75, 3.05) is 0 Å². The van der Waals surface area contributed by atoms with Gasteiger partial charge in [0, 0.05) is 17.4 Å². The van der Waals surface area contributed by atoms with E-state index in [0.29, 0.717) is 9.04 Å². The van der Waals surface area contributed by atoms with E-state index in [2.05, 4.69) is 20.8 Å². The van der Waals surface area contributed by atoms with Crippen molar-refractivity contribution in [3.8, 4) is 0 Å². The molecule has 0 aromatic carbocycles. The van der Waals surface area contributed by atoms with Crippen LogP contribution in [0.1, 0.15) is 97.8 Å². The second-order valence-corrected chi connectivity index (χ2v) is 16.1. The molecule has 20 heavy (non-hydrogen) atoms. The van der Waals surface area contributed by atoms with Crippen LogP contribution in [0.3, 0.4) is 0 Å². The fourth-order valence-electron chi connectivity index (χ4n) is 3.19. The first kappa shape index (κ1) is 20.4. The lowest BCUT2D eigenvalue weighted by atomic mass is 10.2. The third-order valence-electron chi connectivity index (χ3n) is 4.65. The highest BCUT2D eigenvalue weighted by molar-refractivity contribution is 7.12. The Kier molecular flexibility index (Phi) is 17.9. The molecule has 0 atom stereocenters. The third kappa shape index (κ3) is 14.8. The van der Waals surface area contributed by atoms with E-state index in [0.717, 1.165) is 0 Å². The van der Waals surface area contributed by atoms with Crippen molar-refractivity contribution in [2.24, 2.45) is 0 Å². The maximum absolute atomic E-state index is 2.34. The van der Waals surface area contributed by atoms with Gasteiger partial charge in [0.05, 0.1) is 0 Å². The van der Waals surface area contributed by atoms with Crippen molar-refractivity contribution >= 4 is 17.4 Å². The standard InChI is InChI=1S/C18H42Si2/c1-4-7-10-13-16-19-20(17-14-11-8-5-2)18-15-12-9-6-3/h20H,4-19H2,1-3H3. The Bertz CT molecular complexity index is 159. The molecule has 0 aliphatic carbocycles. The predicted octanol–water partition coefficient (Wildman–Crippen LogP) is 6.04. The minimum atomic E-state index is -0.232. The van der Waals surface area contributed by atoms with E-state index in [9.17, 15) is 0 Å². The summed E-state index contributed by atoms with van der Waals surface area (Å²) in [5, 5.41) is 0. The highest BCUT2D eigenvalue weighted by Gasteiger charge is 2.10. The van der Waals surface area contributed by atoms with E-state index in [1.807, 2.05) is 0 Å². The molecule has 122 valence electrons. The largest absolute Gasteiger partial charge is 0.0654 e. The van der Waals surface area contributed by atoms with Crippen LogP contribution in [-0.2, 0) is 0 Å². The molecule has 0 aromatic rings. The molecule has 0 rings (SSSR count). The molecule has 0 fully saturated rings. The smallest absolute Gasteiger partial charge is 0.0241 e. The van der Waals surface area contributed by atoms with E-state index in [1.54, 1.807) is 37.4 Å². The predicted molar refractivity (Wildman–Crippen MR) is 103 cm³/mol. The topological polar surface area (TPSA) is 0 Å². The maximum atomic E-state index is 2.34. The summed E-state index contributed by atoms with van der Waals surface area (Å²) in [4.78, 5) is 0. The second-order valence-electron chi connectivity index (χ2n) is 6.77. The summed E-state index contributed by atoms with van der Waals surface area (Å²) in [5.41, 5.74) is 0. The van der Waals surface area contributed by atoms with Gasteiger partial charge in [0.2, 0.25) is 0 Å². The molecule has 0 amide bonds. The molecule has 0 aliphatic rings. The summed E-state index contributed by atoms with van der Waals surface area (Å²) in [5.74, 6) is 0. The number of unbranched alkanes of at least 4 members (excludes halogenated alkanes) is 9. The SMILES string of the molecule is CCCCCC[SiH2][SiH](CCCCCC)CCCCCC. The van der Waals surface area contributed by atoms with Gasteiger partial charge in [-0.2, -0.15) is 0 Å². The number of hydrogen-bond donors (Lipinski definition) is 0. The Labute approximate surface area is 133 Å². The van der Waals surface area contributed by atoms with Crippen LogP contribution in [0.25, 0.3) is 0 Å². The van der Waals surface area contributed by atoms with Crippen LogP contribution in [0, 0.1) is 0 Å². The summed E-state index contributed by atoms with van der Waals surface area (Å²) in [6, 6.07) is 5.12. The average Bonchev–Trinajstić information content (AvgIpc) is 2.47. The summed E-state index contributed by atoms with van der Waals surface area (Å²) in [7, 11) is 0.136. The number of hydrogen-bond acceptors (Lipinski definition) is 0. The fourth-order valence-corrected chi connectivity index (χ4v) is 13.1. The second kappa shape index (κ2) is 17.5. The third-order valence-corrected chi connectivity index (χ3v) is 14.9. The van der Waals surface area contributed by atoms with Gasteiger partial charge in [-0.1, -0.05) is 116 Å².